The molecule has 1 heterocycles. The van der Waals surface area contributed by atoms with Crippen molar-refractivity contribution in [2.24, 2.45) is 0 Å². The first kappa shape index (κ1) is 19.4. The quantitative estimate of drug-likeness (QED) is 0.390. The molecule has 8 heteroatoms. The van der Waals surface area contributed by atoms with Gasteiger partial charge in [0.2, 0.25) is 0 Å². The van der Waals surface area contributed by atoms with Crippen LogP contribution in [0.25, 0.3) is 20.8 Å². The van der Waals surface area contributed by atoms with Crippen LogP contribution in [0, 0.1) is 5.82 Å². The lowest BCUT2D eigenvalue weighted by molar-refractivity contribution is 0.0977. The molecule has 0 atom stereocenters. The van der Waals surface area contributed by atoms with E-state index < -0.39 is 11.7 Å². The number of carbonyl (C=O) groups excluding carboxylic acids is 1. The van der Waals surface area contributed by atoms with Gasteiger partial charge in [0.15, 0.2) is 5.11 Å². The maximum Gasteiger partial charge on any atom is 0.257 e. The molecule has 0 saturated heterocycles. The van der Waals surface area contributed by atoms with Gasteiger partial charge in [-0.1, -0.05) is 29.8 Å². The number of fused-ring (bicyclic) bond motifs is 1. The molecule has 0 aliphatic carbocycles. The number of rotatable bonds is 3. The predicted octanol–water partition coefficient (Wildman–Crippen LogP) is 5.88. The number of para-hydroxylation sites is 1. The van der Waals surface area contributed by atoms with Gasteiger partial charge in [-0.25, -0.2) is 9.37 Å². The number of anilines is 1. The Morgan fingerprint density at radius 2 is 1.90 bits per heavy atom. The number of thiocarbonyl (C=S) groups is 1. The van der Waals surface area contributed by atoms with Gasteiger partial charge in [-0.05, 0) is 60.7 Å². The van der Waals surface area contributed by atoms with E-state index in [2.05, 4.69) is 15.6 Å². The molecular weight excluding hydrogens is 429 g/mol. The summed E-state index contributed by atoms with van der Waals surface area (Å²) < 4.78 is 14.3. The van der Waals surface area contributed by atoms with Gasteiger partial charge in [-0.3, -0.25) is 10.1 Å². The minimum Gasteiger partial charge on any atom is -0.332 e. The van der Waals surface area contributed by atoms with Crippen LogP contribution in [0.3, 0.4) is 0 Å². The summed E-state index contributed by atoms with van der Waals surface area (Å²) in [6, 6.07) is 18.6. The molecule has 0 fully saturated rings. The lowest BCUT2D eigenvalue weighted by Gasteiger charge is -2.11. The maximum absolute atomic E-state index is 13.3. The Bertz CT molecular complexity index is 1210. The molecule has 0 bridgehead atoms. The molecule has 0 aliphatic rings. The second kappa shape index (κ2) is 8.24. The standard InChI is InChI=1S/C21H13ClFN3OS2/c22-16-11-14(24-21(28)26-19(27)12-4-3-5-13(23)10-12)8-9-15(16)20-25-17-6-1-2-7-18(17)29-20/h1-11H,(H2,24,26,27,28). The SMILES string of the molecule is O=C(NC(=S)Nc1ccc(-c2nc3ccccc3s2)c(Cl)c1)c1cccc(F)c1. The molecule has 1 amide bonds. The second-order valence-electron chi connectivity index (χ2n) is 6.10. The number of amides is 1. The van der Waals surface area contributed by atoms with E-state index in [4.69, 9.17) is 23.8 Å². The van der Waals surface area contributed by atoms with Gasteiger partial charge in [0, 0.05) is 16.8 Å². The third-order valence-corrected chi connectivity index (χ3v) is 5.65. The minimum atomic E-state index is -0.501. The van der Waals surface area contributed by atoms with Crippen LogP contribution in [-0.2, 0) is 0 Å². The number of nitrogens with zero attached hydrogens (tertiary/aromatic N) is 1. The van der Waals surface area contributed by atoms with Crippen molar-refractivity contribution in [3.05, 3.63) is 83.1 Å². The van der Waals surface area contributed by atoms with Crippen molar-refractivity contribution in [3.63, 3.8) is 0 Å². The number of nitrogens with one attached hydrogen (secondary N) is 2. The Morgan fingerprint density at radius 1 is 1.07 bits per heavy atom. The zero-order valence-corrected chi connectivity index (χ0v) is 17.2. The van der Waals surface area contributed by atoms with E-state index in [-0.39, 0.29) is 10.7 Å². The first-order valence-corrected chi connectivity index (χ1v) is 10.1. The van der Waals surface area contributed by atoms with Gasteiger partial charge in [-0.2, -0.15) is 0 Å². The normalized spacial score (nSPS) is 10.7. The fourth-order valence-corrected chi connectivity index (χ4v) is 4.26. The number of hydrogen-bond donors (Lipinski definition) is 2. The molecule has 144 valence electrons. The van der Waals surface area contributed by atoms with Crippen LogP contribution in [0.1, 0.15) is 10.4 Å². The molecule has 0 aliphatic heterocycles. The zero-order valence-electron chi connectivity index (χ0n) is 14.8. The monoisotopic (exact) mass is 441 g/mol. The third kappa shape index (κ3) is 4.42. The lowest BCUT2D eigenvalue weighted by Crippen LogP contribution is -2.34. The van der Waals surface area contributed by atoms with Gasteiger partial charge in [0.1, 0.15) is 10.8 Å². The Hall–Kier alpha value is -2.87. The Kier molecular flexibility index (Phi) is 5.53. The third-order valence-electron chi connectivity index (χ3n) is 4.07. The fourth-order valence-electron chi connectivity index (χ4n) is 2.72. The Morgan fingerprint density at radius 3 is 2.66 bits per heavy atom. The van der Waals surface area contributed by atoms with Gasteiger partial charge in [-0.15, -0.1) is 11.3 Å². The molecule has 4 rings (SSSR count). The Balaban J connectivity index is 1.47. The summed E-state index contributed by atoms with van der Waals surface area (Å²) >= 11 is 13.2. The van der Waals surface area contributed by atoms with Gasteiger partial charge in [0.25, 0.3) is 5.91 Å². The van der Waals surface area contributed by atoms with Crippen LogP contribution >= 0.6 is 35.2 Å². The van der Waals surface area contributed by atoms with Crippen LogP contribution in [0.4, 0.5) is 10.1 Å². The van der Waals surface area contributed by atoms with E-state index in [1.807, 2.05) is 30.3 Å². The van der Waals surface area contributed by atoms with Gasteiger partial charge >= 0.3 is 0 Å². The molecule has 4 nitrogen and oxygen atoms in total. The van der Waals surface area contributed by atoms with E-state index in [1.165, 1.54) is 18.2 Å². The molecule has 2 N–H and O–H groups in total. The summed E-state index contributed by atoms with van der Waals surface area (Å²) in [5.41, 5.74) is 2.53. The van der Waals surface area contributed by atoms with Crippen molar-refractivity contribution in [2.75, 3.05) is 5.32 Å². The summed E-state index contributed by atoms with van der Waals surface area (Å²) in [5, 5.41) is 6.84. The maximum atomic E-state index is 13.3. The number of benzene rings is 3. The summed E-state index contributed by atoms with van der Waals surface area (Å²) in [6.07, 6.45) is 0. The molecule has 0 radical (unpaired) electrons. The smallest absolute Gasteiger partial charge is 0.257 e. The molecule has 0 saturated carbocycles. The predicted molar refractivity (Wildman–Crippen MR) is 120 cm³/mol. The van der Waals surface area contributed by atoms with Crippen molar-refractivity contribution in [2.45, 2.75) is 0 Å². The number of carbonyl (C=O) groups is 1. The first-order valence-electron chi connectivity index (χ1n) is 8.53. The van der Waals surface area contributed by atoms with Crippen LogP contribution < -0.4 is 10.6 Å². The minimum absolute atomic E-state index is 0.0862. The number of aromatic nitrogens is 1. The van der Waals surface area contributed by atoms with E-state index in [0.29, 0.717) is 10.7 Å². The van der Waals surface area contributed by atoms with Crippen molar-refractivity contribution in [3.8, 4) is 10.6 Å². The number of halogens is 2. The summed E-state index contributed by atoms with van der Waals surface area (Å²) in [5.74, 6) is -0.993. The van der Waals surface area contributed by atoms with E-state index >= 15 is 0 Å². The summed E-state index contributed by atoms with van der Waals surface area (Å²) in [4.78, 5) is 16.8. The highest BCUT2D eigenvalue weighted by molar-refractivity contribution is 7.80. The van der Waals surface area contributed by atoms with Crippen LogP contribution in [-0.4, -0.2) is 16.0 Å². The zero-order chi connectivity index (χ0) is 20.4. The topological polar surface area (TPSA) is 54.0 Å². The molecule has 0 unspecified atom stereocenters. The molecule has 3 aromatic carbocycles. The van der Waals surface area contributed by atoms with E-state index in [0.717, 1.165) is 26.9 Å². The van der Waals surface area contributed by atoms with Crippen molar-refractivity contribution >= 4 is 62.1 Å². The average Bonchev–Trinajstić information content (AvgIpc) is 3.11. The molecule has 0 spiro atoms. The van der Waals surface area contributed by atoms with Gasteiger partial charge < -0.3 is 5.32 Å². The molecule has 29 heavy (non-hydrogen) atoms. The first-order chi connectivity index (χ1) is 14.0. The highest BCUT2D eigenvalue weighted by Gasteiger charge is 2.12. The van der Waals surface area contributed by atoms with Crippen LogP contribution in [0.2, 0.25) is 5.02 Å². The second-order valence-corrected chi connectivity index (χ2v) is 7.95. The molecule has 4 aromatic rings. The van der Waals surface area contributed by atoms with Crippen molar-refractivity contribution in [1.82, 2.24) is 10.3 Å². The lowest BCUT2D eigenvalue weighted by atomic mass is 10.2. The largest absolute Gasteiger partial charge is 0.332 e. The van der Waals surface area contributed by atoms with Crippen LogP contribution in [0.5, 0.6) is 0 Å². The highest BCUT2D eigenvalue weighted by Crippen LogP contribution is 2.35. The number of hydrogen-bond acceptors (Lipinski definition) is 4. The average molecular weight is 442 g/mol. The molecule has 1 aromatic heterocycles. The van der Waals surface area contributed by atoms with Crippen molar-refractivity contribution < 1.29 is 9.18 Å². The molecular formula is C21H13ClFN3OS2. The summed E-state index contributed by atoms with van der Waals surface area (Å²) in [6.45, 7) is 0. The highest BCUT2D eigenvalue weighted by atomic mass is 35.5. The van der Waals surface area contributed by atoms with E-state index in [9.17, 15) is 9.18 Å². The summed E-state index contributed by atoms with van der Waals surface area (Å²) in [7, 11) is 0. The van der Waals surface area contributed by atoms with E-state index in [1.54, 1.807) is 23.5 Å². The number of thiazole rings is 1. The fraction of sp³-hybridized carbons (Fsp3) is 0. The van der Waals surface area contributed by atoms with Crippen LogP contribution in [0.15, 0.2) is 66.7 Å². The van der Waals surface area contributed by atoms with Gasteiger partial charge in [0.05, 0.1) is 15.2 Å². The Labute approximate surface area is 180 Å². The van der Waals surface area contributed by atoms with Crippen molar-refractivity contribution in [1.29, 1.82) is 0 Å².